The molecule has 0 amide bonds. The van der Waals surface area contributed by atoms with Gasteiger partial charge >= 0.3 is 0 Å². The van der Waals surface area contributed by atoms with E-state index in [1.54, 1.807) is 11.8 Å². The van der Waals surface area contributed by atoms with Crippen LogP contribution in [-0.2, 0) is 10.5 Å². The van der Waals surface area contributed by atoms with Crippen molar-refractivity contribution in [3.8, 4) is 0 Å². The summed E-state index contributed by atoms with van der Waals surface area (Å²) in [7, 11) is 0. The van der Waals surface area contributed by atoms with Gasteiger partial charge in [-0.1, -0.05) is 72.4 Å². The standard InChI is InChI=1S/C18H15NOS2/c20-16-18(11-15(18)14-9-5-2-6-10-14)19-17(22-16)21-12-13-7-3-1-4-8-13/h1-10,15H,11-12H2/t15-,18-/m1/s1. The molecule has 1 aliphatic carbocycles. The summed E-state index contributed by atoms with van der Waals surface area (Å²) < 4.78 is 0.923. The van der Waals surface area contributed by atoms with Gasteiger partial charge in [-0.05, 0) is 29.3 Å². The predicted octanol–water partition coefficient (Wildman–Crippen LogP) is 4.48. The third-order valence-electron chi connectivity index (χ3n) is 4.16. The molecule has 0 N–H and O–H groups in total. The van der Waals surface area contributed by atoms with Crippen LogP contribution in [0.25, 0.3) is 0 Å². The monoisotopic (exact) mass is 325 g/mol. The van der Waals surface area contributed by atoms with Crippen LogP contribution >= 0.6 is 23.5 Å². The van der Waals surface area contributed by atoms with Crippen molar-refractivity contribution in [3.63, 3.8) is 0 Å². The van der Waals surface area contributed by atoms with Crippen molar-refractivity contribution in [2.75, 3.05) is 0 Å². The molecular weight excluding hydrogens is 310 g/mol. The minimum Gasteiger partial charge on any atom is -0.284 e. The highest BCUT2D eigenvalue weighted by Crippen LogP contribution is 2.60. The van der Waals surface area contributed by atoms with Crippen LogP contribution in [0.4, 0.5) is 0 Å². The van der Waals surface area contributed by atoms with Crippen molar-refractivity contribution in [3.05, 3.63) is 71.8 Å². The molecule has 22 heavy (non-hydrogen) atoms. The lowest BCUT2D eigenvalue weighted by Gasteiger charge is -2.03. The second-order valence-corrected chi connectivity index (χ2v) is 7.82. The highest BCUT2D eigenvalue weighted by Gasteiger charge is 2.63. The molecule has 2 aromatic carbocycles. The van der Waals surface area contributed by atoms with Crippen LogP contribution in [0.15, 0.2) is 65.7 Å². The summed E-state index contributed by atoms with van der Waals surface area (Å²) in [5.74, 6) is 1.13. The van der Waals surface area contributed by atoms with Crippen LogP contribution in [0.1, 0.15) is 23.5 Å². The van der Waals surface area contributed by atoms with E-state index in [-0.39, 0.29) is 11.0 Å². The van der Waals surface area contributed by atoms with Crippen molar-refractivity contribution in [1.82, 2.24) is 0 Å². The minimum absolute atomic E-state index is 0.219. The number of rotatable bonds is 3. The molecule has 1 fully saturated rings. The van der Waals surface area contributed by atoms with Crippen molar-refractivity contribution in [1.29, 1.82) is 0 Å². The SMILES string of the molecule is O=C1SC(SCc2ccccc2)=N[C@@]12C[C@@H]2c1ccccc1. The Bertz CT molecular complexity index is 729. The Labute approximate surface area is 138 Å². The van der Waals surface area contributed by atoms with Crippen LogP contribution in [0.2, 0.25) is 0 Å². The summed E-state index contributed by atoms with van der Waals surface area (Å²) in [6.07, 6.45) is 0.859. The molecule has 0 radical (unpaired) electrons. The molecular formula is C18H15NOS2. The Balaban J connectivity index is 1.47. The van der Waals surface area contributed by atoms with Crippen LogP contribution in [0.5, 0.6) is 0 Å². The largest absolute Gasteiger partial charge is 0.284 e. The van der Waals surface area contributed by atoms with Gasteiger partial charge in [0.2, 0.25) is 5.12 Å². The second kappa shape index (κ2) is 5.60. The molecule has 1 saturated carbocycles. The fourth-order valence-corrected chi connectivity index (χ4v) is 5.03. The molecule has 2 aliphatic rings. The lowest BCUT2D eigenvalue weighted by Crippen LogP contribution is -2.14. The number of benzene rings is 2. The molecule has 4 heteroatoms. The van der Waals surface area contributed by atoms with Gasteiger partial charge < -0.3 is 0 Å². The number of carbonyl (C=O) groups is 1. The number of nitrogens with zero attached hydrogens (tertiary/aromatic N) is 1. The average Bonchev–Trinajstić information content (AvgIpc) is 3.21. The van der Waals surface area contributed by atoms with E-state index in [0.717, 1.165) is 16.5 Å². The van der Waals surface area contributed by atoms with Gasteiger partial charge in [-0.3, -0.25) is 9.79 Å². The Kier molecular flexibility index (Phi) is 3.59. The molecule has 110 valence electrons. The first-order chi connectivity index (χ1) is 10.8. The summed E-state index contributed by atoms with van der Waals surface area (Å²) >= 11 is 3.00. The molecule has 1 heterocycles. The van der Waals surface area contributed by atoms with Crippen LogP contribution in [0.3, 0.4) is 0 Å². The van der Waals surface area contributed by atoms with Crippen molar-refractivity contribution < 1.29 is 4.79 Å². The van der Waals surface area contributed by atoms with Gasteiger partial charge in [-0.15, -0.1) is 0 Å². The van der Waals surface area contributed by atoms with E-state index in [2.05, 4.69) is 24.3 Å². The van der Waals surface area contributed by atoms with E-state index in [9.17, 15) is 4.79 Å². The van der Waals surface area contributed by atoms with Gasteiger partial charge in [-0.2, -0.15) is 0 Å². The third kappa shape index (κ3) is 2.50. The second-order valence-electron chi connectivity index (χ2n) is 5.63. The molecule has 1 spiro atoms. The summed E-state index contributed by atoms with van der Waals surface area (Å²) in [6, 6.07) is 20.6. The zero-order valence-corrected chi connectivity index (χ0v) is 13.6. The first kappa shape index (κ1) is 14.1. The van der Waals surface area contributed by atoms with Crippen molar-refractivity contribution in [2.45, 2.75) is 23.6 Å². The van der Waals surface area contributed by atoms with Crippen molar-refractivity contribution >= 4 is 33.0 Å². The van der Waals surface area contributed by atoms with Crippen molar-refractivity contribution in [2.24, 2.45) is 4.99 Å². The quantitative estimate of drug-likeness (QED) is 0.833. The summed E-state index contributed by atoms with van der Waals surface area (Å²) in [4.78, 5) is 17.2. The maximum absolute atomic E-state index is 12.4. The van der Waals surface area contributed by atoms with E-state index in [1.165, 1.54) is 22.9 Å². The summed E-state index contributed by atoms with van der Waals surface area (Å²) in [5, 5.41) is 0.219. The van der Waals surface area contributed by atoms with Crippen LogP contribution < -0.4 is 0 Å². The lowest BCUT2D eigenvalue weighted by molar-refractivity contribution is -0.112. The fourth-order valence-electron chi connectivity index (χ4n) is 2.86. The van der Waals surface area contributed by atoms with Gasteiger partial charge in [0.1, 0.15) is 9.91 Å². The predicted molar refractivity (Wildman–Crippen MR) is 94.3 cm³/mol. The van der Waals surface area contributed by atoms with E-state index < -0.39 is 5.54 Å². The normalized spacial score (nSPS) is 26.3. The topological polar surface area (TPSA) is 29.4 Å². The van der Waals surface area contributed by atoms with E-state index >= 15 is 0 Å². The number of hydrogen-bond donors (Lipinski definition) is 0. The van der Waals surface area contributed by atoms with Gasteiger partial charge in [0.15, 0.2) is 0 Å². The first-order valence-corrected chi connectivity index (χ1v) is 9.12. The Morgan fingerprint density at radius 2 is 1.77 bits per heavy atom. The maximum Gasteiger partial charge on any atom is 0.223 e. The summed E-state index contributed by atoms with van der Waals surface area (Å²) in [6.45, 7) is 0. The summed E-state index contributed by atoms with van der Waals surface area (Å²) in [5.41, 5.74) is 2.03. The Morgan fingerprint density at radius 1 is 1.09 bits per heavy atom. The fraction of sp³-hybridized carbons (Fsp3) is 0.222. The molecule has 0 aromatic heterocycles. The molecule has 2 aromatic rings. The highest BCUT2D eigenvalue weighted by molar-refractivity contribution is 8.45. The molecule has 0 bridgehead atoms. The number of aliphatic imine (C=N–C) groups is 1. The van der Waals surface area contributed by atoms with Gasteiger partial charge in [0.25, 0.3) is 0 Å². The van der Waals surface area contributed by atoms with Crippen LogP contribution in [0, 0.1) is 0 Å². The number of hydrogen-bond acceptors (Lipinski definition) is 4. The minimum atomic E-state index is -0.467. The van der Waals surface area contributed by atoms with E-state index in [4.69, 9.17) is 4.99 Å². The molecule has 0 saturated heterocycles. The molecule has 2 nitrogen and oxygen atoms in total. The molecule has 0 unspecified atom stereocenters. The first-order valence-electron chi connectivity index (χ1n) is 7.32. The highest BCUT2D eigenvalue weighted by atomic mass is 32.2. The average molecular weight is 325 g/mol. The Morgan fingerprint density at radius 3 is 2.50 bits per heavy atom. The third-order valence-corrected chi connectivity index (χ3v) is 6.39. The number of thioether (sulfide) groups is 2. The zero-order chi connectivity index (χ0) is 15.0. The lowest BCUT2D eigenvalue weighted by atomic mass is 10.1. The van der Waals surface area contributed by atoms with Gasteiger partial charge in [-0.25, -0.2) is 0 Å². The molecule has 4 rings (SSSR count). The smallest absolute Gasteiger partial charge is 0.223 e. The molecule has 1 aliphatic heterocycles. The van der Waals surface area contributed by atoms with Gasteiger partial charge in [0.05, 0.1) is 0 Å². The zero-order valence-electron chi connectivity index (χ0n) is 11.9. The van der Waals surface area contributed by atoms with Gasteiger partial charge in [0, 0.05) is 11.7 Å². The van der Waals surface area contributed by atoms with E-state index in [1.807, 2.05) is 36.4 Å². The maximum atomic E-state index is 12.4. The van der Waals surface area contributed by atoms with E-state index in [0.29, 0.717) is 0 Å². The Hall–Kier alpha value is -1.52. The van der Waals surface area contributed by atoms with Crippen LogP contribution in [-0.4, -0.2) is 15.0 Å². The molecule has 2 atom stereocenters. The number of carbonyl (C=O) groups excluding carboxylic acids is 1.